The molecule has 0 aliphatic heterocycles. The van der Waals surface area contributed by atoms with Crippen LogP contribution in [0.2, 0.25) is 0 Å². The average Bonchev–Trinajstić information content (AvgIpc) is 1.61. The van der Waals surface area contributed by atoms with Crippen LogP contribution in [0, 0.1) is 11.8 Å². The van der Waals surface area contributed by atoms with Crippen LogP contribution in [0.4, 0.5) is 0 Å². The molecule has 0 spiro atoms. The second kappa shape index (κ2) is 0.944. The molecule has 0 saturated heterocycles. The Morgan fingerprint density at radius 1 is 1.00 bits per heavy atom. The monoisotopic (exact) mass is 72.0 g/mol. The maximum absolute atomic E-state index is 3.57. The van der Waals surface area contributed by atoms with Crippen LogP contribution < -0.4 is 0 Å². The summed E-state index contributed by atoms with van der Waals surface area (Å²) in [4.78, 5) is 0. The Hall–Kier alpha value is -0.570. The van der Waals surface area contributed by atoms with Crippen LogP contribution in [0.15, 0.2) is 0 Å². The fraction of sp³-hybridized carbons (Fsp3) is 0. The van der Waals surface area contributed by atoms with Gasteiger partial charge in [-0.15, -0.1) is 0 Å². The van der Waals surface area contributed by atoms with Crippen LogP contribution in [-0.2, 0) is 0 Å². The van der Waals surface area contributed by atoms with Crippen molar-refractivity contribution in [2.45, 2.75) is 0 Å². The zero-order chi connectivity index (χ0) is 4.57. The van der Waals surface area contributed by atoms with E-state index in [2.05, 4.69) is 26.8 Å². The second-order valence-electron chi connectivity index (χ2n) is 1.21. The first-order valence-electron chi connectivity index (χ1n) is 1.71. The quantitative estimate of drug-likeness (QED) is 0.232. The zero-order valence-corrected chi connectivity index (χ0v) is 3.41. The Bertz CT molecular complexity index is 150. The summed E-state index contributed by atoms with van der Waals surface area (Å²) in [5, 5.41) is 0. The Balaban J connectivity index is 3.08. The van der Waals surface area contributed by atoms with Gasteiger partial charge in [-0.25, -0.2) is 0 Å². The second-order valence-corrected chi connectivity index (χ2v) is 1.21. The molecule has 0 nitrogen and oxygen atoms in total. The molecule has 0 atom stereocenters. The van der Waals surface area contributed by atoms with Crippen LogP contribution in [0.25, 0.3) is 0 Å². The first kappa shape index (κ1) is 3.61. The minimum absolute atomic E-state index is 0.884. The van der Waals surface area contributed by atoms with Crippen molar-refractivity contribution in [2.75, 3.05) is 0 Å². The van der Waals surface area contributed by atoms with Gasteiger partial charge >= 0.3 is 37.7 Å². The van der Waals surface area contributed by atoms with Gasteiger partial charge in [0.15, 0.2) is 0 Å². The summed E-state index contributed by atoms with van der Waals surface area (Å²) in [6.07, 6.45) is 0. The molecule has 0 radical (unpaired) electrons. The number of hydrogen-bond acceptors (Lipinski definition) is 0. The van der Waals surface area contributed by atoms with E-state index in [4.69, 9.17) is 0 Å². The Labute approximate surface area is 38.7 Å². The van der Waals surface area contributed by atoms with E-state index >= 15 is 0 Å². The van der Waals surface area contributed by atoms with Gasteiger partial charge in [0.1, 0.15) is 0 Å². The molecule has 6 heavy (non-hydrogen) atoms. The van der Waals surface area contributed by atoms with E-state index in [9.17, 15) is 0 Å². The predicted molar refractivity (Wildman–Crippen MR) is 32.1 cm³/mol. The summed E-state index contributed by atoms with van der Waals surface area (Å²) in [6, 6.07) is 0. The van der Waals surface area contributed by atoms with Gasteiger partial charge in [-0.2, -0.15) is 0 Å². The molecule has 0 saturated carbocycles. The van der Waals surface area contributed by atoms with Crippen LogP contribution in [0.1, 0.15) is 0 Å². The molecule has 2 heteroatoms. The molecule has 0 aromatic rings. The van der Waals surface area contributed by atoms with E-state index in [0.717, 1.165) is 10.9 Å². The fourth-order valence-electron chi connectivity index (χ4n) is 0.239. The van der Waals surface area contributed by atoms with Crippen molar-refractivity contribution in [3.63, 3.8) is 0 Å². The summed E-state index contributed by atoms with van der Waals surface area (Å²) in [5.41, 5.74) is 1.77. The molecule has 0 fully saturated rings. The van der Waals surface area contributed by atoms with Crippen LogP contribution in [0.5, 0.6) is 0 Å². The predicted octanol–water partition coefficient (Wildman–Crippen LogP) is -1.85. The van der Waals surface area contributed by atoms with E-state index in [0.29, 0.717) is 0 Å². The number of hydrogen-bond donors (Lipinski definition) is 0. The topological polar surface area (TPSA) is 0 Å². The van der Waals surface area contributed by atoms with E-state index in [1.165, 1.54) is 0 Å². The van der Waals surface area contributed by atoms with Crippen molar-refractivity contribution in [2.24, 2.45) is 0 Å². The summed E-state index contributed by atoms with van der Waals surface area (Å²) < 4.78 is 0. The third-order valence-electron chi connectivity index (χ3n) is 0.729. The summed E-state index contributed by atoms with van der Waals surface area (Å²) in [6.45, 7) is 0. The van der Waals surface area contributed by atoms with Gasteiger partial charge < -0.3 is 0 Å². The van der Waals surface area contributed by atoms with Crippen molar-refractivity contribution in [1.82, 2.24) is 0 Å². The van der Waals surface area contributed by atoms with Crippen LogP contribution >= 0.6 is 0 Å². The van der Waals surface area contributed by atoms with Gasteiger partial charge in [0.25, 0.3) is 0 Å². The zero-order valence-electron chi connectivity index (χ0n) is 3.41. The Morgan fingerprint density at radius 2 is 1.33 bits per heavy atom. The molecule has 0 N–H and O–H groups in total. The van der Waals surface area contributed by atoms with Crippen molar-refractivity contribution >= 4 is 25.9 Å². The van der Waals surface area contributed by atoms with Gasteiger partial charge in [0.2, 0.25) is 0 Å². The van der Waals surface area contributed by atoms with Gasteiger partial charge in [0, 0.05) is 0 Å². The van der Waals surface area contributed by atoms with Gasteiger partial charge in [-0.3, -0.25) is 0 Å². The van der Waals surface area contributed by atoms with Gasteiger partial charge in [0.05, 0.1) is 0 Å². The molecule has 0 aromatic heterocycles. The molecule has 0 aromatic carbocycles. The van der Waals surface area contributed by atoms with E-state index in [1.807, 2.05) is 0 Å². The third kappa shape index (κ3) is 0.285. The van der Waals surface area contributed by atoms with E-state index in [1.54, 1.807) is 0 Å². The molecular formula is C4H2B2. The van der Waals surface area contributed by atoms with Crippen molar-refractivity contribution < 1.29 is 0 Å². The summed E-state index contributed by atoms with van der Waals surface area (Å²) in [7, 11) is 7.14. The molecule has 0 heterocycles. The molecule has 0 amide bonds. The van der Waals surface area contributed by atoms with Crippen molar-refractivity contribution in [3.05, 3.63) is 0 Å². The first-order chi connectivity index (χ1) is 2.80. The normalized spacial score (nSPS) is 15.0. The minimum atomic E-state index is 0.884. The summed E-state index contributed by atoms with van der Waals surface area (Å²) >= 11 is 0. The Kier molecular flexibility index (Phi) is 0.569. The number of rotatable bonds is 0. The summed E-state index contributed by atoms with van der Waals surface area (Å²) in [5.74, 6) is 5.43. The van der Waals surface area contributed by atoms with E-state index < -0.39 is 0 Å². The molecule has 0 unspecified atom stereocenters. The molecule has 1 rings (SSSR count). The SMILES string of the molecule is B=C1C#CC1=B. The Morgan fingerprint density at radius 3 is 1.33 bits per heavy atom. The molecule has 24 valence electrons. The standard InChI is InChI=1S/C4H2B2/c5-3-1-2-4(3)6/h5-6H. The third-order valence-corrected chi connectivity index (χ3v) is 0.729. The maximum atomic E-state index is 3.57. The molecule has 1 aliphatic rings. The van der Waals surface area contributed by atoms with Crippen molar-refractivity contribution in [1.29, 1.82) is 0 Å². The average molecular weight is 71.7 g/mol. The van der Waals surface area contributed by atoms with Gasteiger partial charge in [-0.1, -0.05) is 0 Å². The van der Waals surface area contributed by atoms with Gasteiger partial charge in [-0.05, 0) is 0 Å². The molecule has 1 aliphatic carbocycles. The van der Waals surface area contributed by atoms with Crippen LogP contribution in [0.3, 0.4) is 0 Å². The van der Waals surface area contributed by atoms with E-state index in [-0.39, 0.29) is 0 Å². The molecular weight excluding hydrogens is 69.7 g/mol. The molecule has 0 bridgehead atoms. The van der Waals surface area contributed by atoms with Crippen LogP contribution in [-0.4, -0.2) is 25.9 Å². The first-order valence-corrected chi connectivity index (χ1v) is 1.71. The van der Waals surface area contributed by atoms with Crippen molar-refractivity contribution in [3.8, 4) is 11.8 Å². The fourth-order valence-corrected chi connectivity index (χ4v) is 0.239.